The second-order valence-electron chi connectivity index (χ2n) is 6.10. The van der Waals surface area contributed by atoms with Crippen LogP contribution in [-0.2, 0) is 30.7 Å². The van der Waals surface area contributed by atoms with E-state index >= 15 is 0 Å². The first-order chi connectivity index (χ1) is 13.2. The molecular formula is C20H29N5O2. The molecule has 3 N–H and O–H groups in total. The van der Waals surface area contributed by atoms with Crippen LogP contribution in [0.4, 0.5) is 0 Å². The van der Waals surface area contributed by atoms with Crippen molar-refractivity contribution >= 4 is 11.9 Å². The highest BCUT2D eigenvalue weighted by Crippen LogP contribution is 2.15. The Morgan fingerprint density at radius 2 is 1.85 bits per heavy atom. The minimum Gasteiger partial charge on any atom is -0.361 e. The van der Waals surface area contributed by atoms with Crippen LogP contribution in [0, 0.1) is 0 Å². The number of amides is 1. The van der Waals surface area contributed by atoms with Crippen molar-refractivity contribution in [3.63, 3.8) is 0 Å². The molecule has 0 radical (unpaired) electrons. The predicted molar refractivity (Wildman–Crippen MR) is 106 cm³/mol. The van der Waals surface area contributed by atoms with Crippen LogP contribution >= 0.6 is 0 Å². The van der Waals surface area contributed by atoms with Gasteiger partial charge in [-0.15, -0.1) is 0 Å². The Hall–Kier alpha value is -2.83. The fourth-order valence-corrected chi connectivity index (χ4v) is 2.71. The lowest BCUT2D eigenvalue weighted by atomic mass is 10.1. The van der Waals surface area contributed by atoms with Crippen molar-refractivity contribution < 1.29 is 9.32 Å². The maximum absolute atomic E-state index is 12.0. The molecule has 1 aromatic carbocycles. The summed E-state index contributed by atoms with van der Waals surface area (Å²) in [6, 6.07) is 9.86. The zero-order chi connectivity index (χ0) is 19.5. The van der Waals surface area contributed by atoms with Crippen molar-refractivity contribution in [3.8, 4) is 0 Å². The lowest BCUT2D eigenvalue weighted by molar-refractivity contribution is -0.121. The molecular weight excluding hydrogens is 342 g/mol. The molecule has 0 unspecified atom stereocenters. The van der Waals surface area contributed by atoms with Crippen LogP contribution < -0.4 is 16.0 Å². The van der Waals surface area contributed by atoms with Gasteiger partial charge in [0.05, 0.1) is 5.69 Å². The van der Waals surface area contributed by atoms with Crippen LogP contribution in [0.2, 0.25) is 0 Å². The lowest BCUT2D eigenvalue weighted by Gasteiger charge is -2.12. The van der Waals surface area contributed by atoms with Crippen LogP contribution in [0.15, 0.2) is 39.8 Å². The van der Waals surface area contributed by atoms with Crippen LogP contribution in [0.25, 0.3) is 0 Å². The molecule has 1 aromatic heterocycles. The van der Waals surface area contributed by atoms with E-state index in [1.807, 2.05) is 37.3 Å². The number of carbonyl (C=O) groups excluding carboxylic acids is 1. The molecule has 27 heavy (non-hydrogen) atoms. The van der Waals surface area contributed by atoms with E-state index in [9.17, 15) is 4.79 Å². The molecule has 0 aliphatic rings. The van der Waals surface area contributed by atoms with Gasteiger partial charge in [0, 0.05) is 45.1 Å². The Balaban J connectivity index is 1.72. The van der Waals surface area contributed by atoms with Crippen LogP contribution in [0.1, 0.15) is 42.8 Å². The topological polar surface area (TPSA) is 91.6 Å². The van der Waals surface area contributed by atoms with Gasteiger partial charge in [-0.1, -0.05) is 49.3 Å². The third kappa shape index (κ3) is 6.44. The molecule has 0 aliphatic carbocycles. The molecule has 0 spiro atoms. The fourth-order valence-electron chi connectivity index (χ4n) is 2.71. The standard InChI is InChI=1S/C20H29N5O2/c1-4-17-16(18(5-2)27-25-17)14-24-20(21-3)22-12-11-19(26)23-13-15-9-7-6-8-10-15/h6-10H,4-5,11-14H2,1-3H3,(H,23,26)(H2,21,22,24). The van der Waals surface area contributed by atoms with E-state index in [1.54, 1.807) is 7.05 Å². The van der Waals surface area contributed by atoms with Gasteiger partial charge in [0.15, 0.2) is 5.96 Å². The average molecular weight is 371 g/mol. The first-order valence-electron chi connectivity index (χ1n) is 9.39. The number of hydrogen-bond donors (Lipinski definition) is 3. The van der Waals surface area contributed by atoms with Gasteiger partial charge in [0.2, 0.25) is 5.91 Å². The minimum absolute atomic E-state index is 0.00220. The van der Waals surface area contributed by atoms with E-state index in [2.05, 4.69) is 33.0 Å². The number of benzene rings is 1. The van der Waals surface area contributed by atoms with Gasteiger partial charge in [-0.2, -0.15) is 0 Å². The summed E-state index contributed by atoms with van der Waals surface area (Å²) in [5.74, 6) is 1.55. The van der Waals surface area contributed by atoms with Crippen LogP contribution in [-0.4, -0.2) is 30.6 Å². The van der Waals surface area contributed by atoms with Crippen molar-refractivity contribution in [2.24, 2.45) is 4.99 Å². The van der Waals surface area contributed by atoms with Crippen molar-refractivity contribution in [2.45, 2.75) is 46.2 Å². The van der Waals surface area contributed by atoms with E-state index < -0.39 is 0 Å². The molecule has 0 saturated carbocycles. The number of nitrogens with zero attached hydrogens (tertiary/aromatic N) is 2. The van der Waals surface area contributed by atoms with Gasteiger partial charge < -0.3 is 20.5 Å². The van der Waals surface area contributed by atoms with E-state index in [0.29, 0.717) is 32.0 Å². The summed E-state index contributed by atoms with van der Waals surface area (Å²) in [5, 5.41) is 13.5. The summed E-state index contributed by atoms with van der Waals surface area (Å²) in [6.45, 7) is 5.74. The second kappa shape index (κ2) is 11.0. The molecule has 0 fully saturated rings. The van der Waals surface area contributed by atoms with Gasteiger partial charge in [0.1, 0.15) is 5.76 Å². The van der Waals surface area contributed by atoms with Crippen molar-refractivity contribution in [2.75, 3.05) is 13.6 Å². The molecule has 0 saturated heterocycles. The second-order valence-corrected chi connectivity index (χ2v) is 6.10. The minimum atomic E-state index is 0.00220. The van der Waals surface area contributed by atoms with E-state index in [-0.39, 0.29) is 5.91 Å². The number of hydrogen-bond acceptors (Lipinski definition) is 4. The Morgan fingerprint density at radius 1 is 1.07 bits per heavy atom. The monoisotopic (exact) mass is 371 g/mol. The molecule has 146 valence electrons. The highest BCUT2D eigenvalue weighted by Gasteiger charge is 2.13. The third-order valence-electron chi connectivity index (χ3n) is 4.24. The molecule has 7 heteroatoms. The summed E-state index contributed by atoms with van der Waals surface area (Å²) < 4.78 is 5.37. The van der Waals surface area contributed by atoms with Crippen molar-refractivity contribution in [3.05, 3.63) is 52.9 Å². The number of aryl methyl sites for hydroxylation is 2. The number of aliphatic imine (C=N–C) groups is 1. The Labute approximate surface area is 160 Å². The van der Waals surface area contributed by atoms with Gasteiger partial charge in [-0.3, -0.25) is 9.79 Å². The lowest BCUT2D eigenvalue weighted by Crippen LogP contribution is -2.39. The maximum atomic E-state index is 12.0. The van der Waals surface area contributed by atoms with Crippen molar-refractivity contribution in [1.29, 1.82) is 0 Å². The summed E-state index contributed by atoms with van der Waals surface area (Å²) in [6.07, 6.45) is 2.01. The first-order valence-corrected chi connectivity index (χ1v) is 9.39. The van der Waals surface area contributed by atoms with Gasteiger partial charge in [0.25, 0.3) is 0 Å². The molecule has 2 rings (SSSR count). The van der Waals surface area contributed by atoms with E-state index in [4.69, 9.17) is 4.52 Å². The quantitative estimate of drug-likeness (QED) is 0.464. The fraction of sp³-hybridized carbons (Fsp3) is 0.450. The van der Waals surface area contributed by atoms with Crippen molar-refractivity contribution in [1.82, 2.24) is 21.1 Å². The average Bonchev–Trinajstić information content (AvgIpc) is 3.11. The zero-order valence-electron chi connectivity index (χ0n) is 16.3. The number of carbonyl (C=O) groups is 1. The van der Waals surface area contributed by atoms with Crippen LogP contribution in [0.5, 0.6) is 0 Å². The number of nitrogens with one attached hydrogen (secondary N) is 3. The van der Waals surface area contributed by atoms with Gasteiger partial charge >= 0.3 is 0 Å². The number of aromatic nitrogens is 1. The highest BCUT2D eigenvalue weighted by atomic mass is 16.5. The molecule has 0 aliphatic heterocycles. The normalized spacial score (nSPS) is 11.3. The molecule has 1 heterocycles. The van der Waals surface area contributed by atoms with Gasteiger partial charge in [-0.25, -0.2) is 0 Å². The molecule has 7 nitrogen and oxygen atoms in total. The summed E-state index contributed by atoms with van der Waals surface area (Å²) in [5.41, 5.74) is 3.14. The summed E-state index contributed by atoms with van der Waals surface area (Å²) >= 11 is 0. The van der Waals surface area contributed by atoms with E-state index in [0.717, 1.165) is 35.4 Å². The zero-order valence-corrected chi connectivity index (χ0v) is 16.3. The largest absolute Gasteiger partial charge is 0.361 e. The smallest absolute Gasteiger partial charge is 0.222 e. The third-order valence-corrected chi connectivity index (χ3v) is 4.24. The summed E-state index contributed by atoms with van der Waals surface area (Å²) in [4.78, 5) is 16.2. The molecule has 1 amide bonds. The molecule has 2 aromatic rings. The highest BCUT2D eigenvalue weighted by molar-refractivity contribution is 5.81. The Morgan fingerprint density at radius 3 is 2.52 bits per heavy atom. The molecule has 0 bridgehead atoms. The number of guanidine groups is 1. The number of rotatable bonds is 9. The van der Waals surface area contributed by atoms with Crippen LogP contribution in [0.3, 0.4) is 0 Å². The maximum Gasteiger partial charge on any atom is 0.222 e. The SMILES string of the molecule is CCc1noc(CC)c1CNC(=NC)NCCC(=O)NCc1ccccc1. The first kappa shape index (κ1) is 20.5. The van der Waals surface area contributed by atoms with Gasteiger partial charge in [-0.05, 0) is 12.0 Å². The molecule has 0 atom stereocenters. The van der Waals surface area contributed by atoms with E-state index in [1.165, 1.54) is 0 Å². The Bertz CT molecular complexity index is 719. The Kier molecular flexibility index (Phi) is 8.35. The summed E-state index contributed by atoms with van der Waals surface area (Å²) in [7, 11) is 1.71. The predicted octanol–water partition coefficient (Wildman–Crippen LogP) is 2.17.